The predicted octanol–water partition coefficient (Wildman–Crippen LogP) is 6.74. The summed E-state index contributed by atoms with van der Waals surface area (Å²) in [6.07, 6.45) is 15.9. The van der Waals surface area contributed by atoms with Gasteiger partial charge < -0.3 is 10.3 Å². The van der Waals surface area contributed by atoms with Gasteiger partial charge in [-0.3, -0.25) is 20.1 Å². The average molecular weight is 499 g/mol. The highest BCUT2D eigenvalue weighted by molar-refractivity contribution is 5.99. The van der Waals surface area contributed by atoms with Crippen molar-refractivity contribution in [2.45, 2.75) is 25.7 Å². The normalized spacial score (nSPS) is 13.9. The van der Waals surface area contributed by atoms with Gasteiger partial charge in [0.2, 0.25) is 0 Å². The molecule has 6 aromatic rings. The van der Waals surface area contributed by atoms with E-state index in [2.05, 4.69) is 54.2 Å². The fourth-order valence-electron chi connectivity index (χ4n) is 5.39. The number of nitrogens with zero attached hydrogens (tertiary/aromatic N) is 5. The molecule has 0 radical (unpaired) electrons. The summed E-state index contributed by atoms with van der Waals surface area (Å²) < 4.78 is 0. The monoisotopic (exact) mass is 498 g/mol. The number of hydrogen-bond acceptors (Lipinski definition) is 6. The SMILES string of the molecule is C=C(Nc1cncc(-c2ccc3[nH]nc(-c4cc5c(-c6cccnc6)cncc5[nH]4)c3n2)c1)C1CCCC1. The summed E-state index contributed by atoms with van der Waals surface area (Å²) in [5.74, 6) is 0.534. The van der Waals surface area contributed by atoms with Crippen LogP contribution in [0.1, 0.15) is 25.7 Å². The van der Waals surface area contributed by atoms with E-state index in [1.165, 1.54) is 25.7 Å². The molecule has 0 bridgehead atoms. The van der Waals surface area contributed by atoms with Gasteiger partial charge in [-0.1, -0.05) is 25.5 Å². The van der Waals surface area contributed by atoms with Gasteiger partial charge in [0.25, 0.3) is 0 Å². The lowest BCUT2D eigenvalue weighted by Crippen LogP contribution is -2.07. The van der Waals surface area contributed by atoms with E-state index in [9.17, 15) is 0 Å². The van der Waals surface area contributed by atoms with E-state index in [1.807, 2.05) is 55.2 Å². The summed E-state index contributed by atoms with van der Waals surface area (Å²) in [5.41, 5.74) is 10.0. The van der Waals surface area contributed by atoms with E-state index < -0.39 is 0 Å². The molecule has 1 aliphatic rings. The standard InChI is InChI=1S/C30H26N8/c1-18(19-5-2-3-6-19)34-22-11-21(14-32-15-22)25-8-9-26-29(36-25)30(38-37-26)27-12-23-24(16-33-17-28(23)35-27)20-7-4-10-31-13-20/h4,7-17,19,34-35H,1-3,5-6H2,(H,37,38). The quantitative estimate of drug-likeness (QED) is 0.235. The molecule has 7 rings (SSSR count). The van der Waals surface area contributed by atoms with Gasteiger partial charge in [-0.05, 0) is 49.1 Å². The molecule has 1 aliphatic carbocycles. The first-order valence-electron chi connectivity index (χ1n) is 12.9. The molecule has 0 unspecified atom stereocenters. The van der Waals surface area contributed by atoms with E-state index in [4.69, 9.17) is 4.98 Å². The minimum atomic E-state index is 0.534. The lowest BCUT2D eigenvalue weighted by molar-refractivity contribution is 0.649. The molecule has 6 aromatic heterocycles. The summed E-state index contributed by atoms with van der Waals surface area (Å²) >= 11 is 0. The van der Waals surface area contributed by atoms with Crippen molar-refractivity contribution in [3.05, 3.63) is 85.9 Å². The van der Waals surface area contributed by atoms with Crippen LogP contribution in [0.4, 0.5) is 5.69 Å². The molecule has 0 saturated heterocycles. The van der Waals surface area contributed by atoms with Crippen molar-refractivity contribution in [3.8, 4) is 33.8 Å². The number of fused-ring (bicyclic) bond motifs is 2. The Morgan fingerprint density at radius 2 is 1.76 bits per heavy atom. The van der Waals surface area contributed by atoms with Gasteiger partial charge in [0.1, 0.15) is 11.2 Å². The summed E-state index contributed by atoms with van der Waals surface area (Å²) in [5, 5.41) is 12.3. The zero-order valence-corrected chi connectivity index (χ0v) is 20.8. The fraction of sp³-hybridized carbons (Fsp3) is 0.167. The van der Waals surface area contributed by atoms with Gasteiger partial charge in [0.05, 0.1) is 40.5 Å². The third-order valence-corrected chi connectivity index (χ3v) is 7.37. The summed E-state index contributed by atoms with van der Waals surface area (Å²) in [6, 6.07) is 12.1. The van der Waals surface area contributed by atoms with Crippen LogP contribution in [0.5, 0.6) is 0 Å². The highest BCUT2D eigenvalue weighted by Crippen LogP contribution is 2.34. The second kappa shape index (κ2) is 9.23. The summed E-state index contributed by atoms with van der Waals surface area (Å²) in [6.45, 7) is 4.28. The zero-order chi connectivity index (χ0) is 25.5. The first-order chi connectivity index (χ1) is 18.7. The average Bonchev–Trinajstić information content (AvgIpc) is 3.73. The molecule has 3 N–H and O–H groups in total. The molecule has 1 fully saturated rings. The van der Waals surface area contributed by atoms with E-state index in [0.29, 0.717) is 5.92 Å². The molecule has 0 aromatic carbocycles. The van der Waals surface area contributed by atoms with Crippen molar-refractivity contribution in [1.29, 1.82) is 0 Å². The fourth-order valence-corrected chi connectivity index (χ4v) is 5.39. The van der Waals surface area contributed by atoms with Crippen molar-refractivity contribution in [2.24, 2.45) is 5.92 Å². The van der Waals surface area contributed by atoms with Crippen LogP contribution in [-0.2, 0) is 0 Å². The smallest absolute Gasteiger partial charge is 0.135 e. The van der Waals surface area contributed by atoms with E-state index >= 15 is 0 Å². The number of pyridine rings is 4. The van der Waals surface area contributed by atoms with Crippen LogP contribution in [0.25, 0.3) is 55.7 Å². The highest BCUT2D eigenvalue weighted by Gasteiger charge is 2.19. The van der Waals surface area contributed by atoms with Crippen molar-refractivity contribution in [2.75, 3.05) is 5.32 Å². The molecule has 0 aliphatic heterocycles. The Balaban J connectivity index is 1.25. The molecule has 0 amide bonds. The molecule has 0 spiro atoms. The van der Waals surface area contributed by atoms with Crippen LogP contribution in [-0.4, -0.2) is 35.1 Å². The zero-order valence-electron chi connectivity index (χ0n) is 20.8. The first-order valence-corrected chi connectivity index (χ1v) is 12.9. The van der Waals surface area contributed by atoms with Gasteiger partial charge in [0.15, 0.2) is 0 Å². The van der Waals surface area contributed by atoms with Crippen LogP contribution in [0.3, 0.4) is 0 Å². The molecule has 6 heterocycles. The summed E-state index contributed by atoms with van der Waals surface area (Å²) in [7, 11) is 0. The van der Waals surface area contributed by atoms with Crippen molar-refractivity contribution < 1.29 is 0 Å². The van der Waals surface area contributed by atoms with E-state index in [0.717, 1.165) is 67.1 Å². The van der Waals surface area contributed by atoms with Crippen molar-refractivity contribution >= 4 is 27.6 Å². The molecule has 38 heavy (non-hydrogen) atoms. The number of aromatic nitrogens is 7. The van der Waals surface area contributed by atoms with Crippen LogP contribution >= 0.6 is 0 Å². The molecule has 186 valence electrons. The minimum Gasteiger partial charge on any atom is -0.358 e. The van der Waals surface area contributed by atoms with E-state index in [1.54, 1.807) is 6.20 Å². The molecule has 0 atom stereocenters. The third-order valence-electron chi connectivity index (χ3n) is 7.37. The number of H-pyrrole nitrogens is 2. The maximum absolute atomic E-state index is 5.00. The predicted molar refractivity (Wildman–Crippen MR) is 150 cm³/mol. The first kappa shape index (κ1) is 22.4. The topological polar surface area (TPSA) is 108 Å². The Hall–Kier alpha value is -4.85. The number of anilines is 1. The molecule has 8 heteroatoms. The van der Waals surface area contributed by atoms with Crippen molar-refractivity contribution in [1.82, 2.24) is 35.1 Å². The number of aromatic amines is 2. The molecular formula is C30H26N8. The maximum atomic E-state index is 5.00. The van der Waals surface area contributed by atoms with Crippen molar-refractivity contribution in [3.63, 3.8) is 0 Å². The van der Waals surface area contributed by atoms with E-state index in [-0.39, 0.29) is 0 Å². The van der Waals surface area contributed by atoms with Gasteiger partial charge in [-0.2, -0.15) is 5.10 Å². The minimum absolute atomic E-state index is 0.534. The van der Waals surface area contributed by atoms with Crippen LogP contribution in [0.2, 0.25) is 0 Å². The van der Waals surface area contributed by atoms with Gasteiger partial charge >= 0.3 is 0 Å². The Kier molecular flexibility index (Phi) is 5.43. The van der Waals surface area contributed by atoms with Crippen LogP contribution in [0.15, 0.2) is 85.9 Å². The molecule has 8 nitrogen and oxygen atoms in total. The lowest BCUT2D eigenvalue weighted by Gasteiger charge is -2.15. The summed E-state index contributed by atoms with van der Waals surface area (Å²) in [4.78, 5) is 21.6. The molecule has 1 saturated carbocycles. The maximum Gasteiger partial charge on any atom is 0.135 e. The number of hydrogen-bond donors (Lipinski definition) is 3. The Bertz CT molecular complexity index is 1780. The highest BCUT2D eigenvalue weighted by atomic mass is 15.1. The number of allylic oxidation sites excluding steroid dienone is 1. The number of nitrogens with one attached hydrogen (secondary N) is 3. The Morgan fingerprint density at radius 3 is 2.63 bits per heavy atom. The van der Waals surface area contributed by atoms with Gasteiger partial charge in [-0.15, -0.1) is 0 Å². The second-order valence-corrected chi connectivity index (χ2v) is 9.83. The van der Waals surface area contributed by atoms with Crippen LogP contribution < -0.4 is 5.32 Å². The number of rotatable bonds is 6. The van der Waals surface area contributed by atoms with Crippen LogP contribution in [0, 0.1) is 5.92 Å². The molecular weight excluding hydrogens is 472 g/mol. The Morgan fingerprint density at radius 1 is 0.895 bits per heavy atom. The Labute approximate surface area is 219 Å². The third kappa shape index (κ3) is 4.00. The van der Waals surface area contributed by atoms with Gasteiger partial charge in [0, 0.05) is 52.6 Å². The van der Waals surface area contributed by atoms with Gasteiger partial charge in [-0.25, -0.2) is 4.98 Å². The largest absolute Gasteiger partial charge is 0.358 e. The second-order valence-electron chi connectivity index (χ2n) is 9.83. The lowest BCUT2D eigenvalue weighted by atomic mass is 10.0.